The lowest BCUT2D eigenvalue weighted by atomic mass is 10.1. The maximum atomic E-state index is 5.43. The topological polar surface area (TPSA) is 33.3 Å². The van der Waals surface area contributed by atoms with Crippen molar-refractivity contribution in [2.45, 2.75) is 32.2 Å². The first-order valence-electron chi connectivity index (χ1n) is 7.48. The van der Waals surface area contributed by atoms with Crippen LogP contribution in [0.5, 0.6) is 0 Å². The van der Waals surface area contributed by atoms with Gasteiger partial charge in [-0.25, -0.2) is 0 Å². The highest BCUT2D eigenvalue weighted by Crippen LogP contribution is 2.06. The van der Waals surface area contributed by atoms with E-state index in [0.717, 1.165) is 39.3 Å². The van der Waals surface area contributed by atoms with Gasteiger partial charge in [0.2, 0.25) is 0 Å². The molecule has 0 bridgehead atoms. The highest BCUT2D eigenvalue weighted by atomic mass is 16.5. The summed E-state index contributed by atoms with van der Waals surface area (Å²) in [6.07, 6.45) is 3.50. The third-order valence-electron chi connectivity index (χ3n) is 3.54. The Hall–Kier alpha value is -0.900. The molecule has 1 heterocycles. The van der Waals surface area contributed by atoms with Crippen LogP contribution in [0.3, 0.4) is 0 Å². The minimum atomic E-state index is 0.473. The Labute approximate surface area is 116 Å². The van der Waals surface area contributed by atoms with Gasteiger partial charge in [0.15, 0.2) is 0 Å². The summed E-state index contributed by atoms with van der Waals surface area (Å²) in [4.78, 5) is 0. The Morgan fingerprint density at radius 3 is 2.58 bits per heavy atom. The van der Waals surface area contributed by atoms with Crippen LogP contribution in [-0.4, -0.2) is 38.9 Å². The van der Waals surface area contributed by atoms with Crippen molar-refractivity contribution in [1.82, 2.24) is 10.6 Å². The lowest BCUT2D eigenvalue weighted by Gasteiger charge is -2.24. The van der Waals surface area contributed by atoms with E-state index in [0.29, 0.717) is 6.04 Å². The van der Waals surface area contributed by atoms with Gasteiger partial charge in [-0.2, -0.15) is 0 Å². The zero-order valence-corrected chi connectivity index (χ0v) is 12.0. The molecule has 0 saturated carbocycles. The van der Waals surface area contributed by atoms with Crippen molar-refractivity contribution in [2.24, 2.45) is 0 Å². The fraction of sp³-hybridized carbons (Fsp3) is 0.625. The molecule has 19 heavy (non-hydrogen) atoms. The van der Waals surface area contributed by atoms with Crippen molar-refractivity contribution >= 4 is 0 Å². The van der Waals surface area contributed by atoms with E-state index < -0.39 is 0 Å². The lowest BCUT2D eigenvalue weighted by Crippen LogP contribution is -2.47. The molecule has 1 saturated heterocycles. The fourth-order valence-electron chi connectivity index (χ4n) is 2.42. The number of morpholine rings is 1. The van der Waals surface area contributed by atoms with Crippen molar-refractivity contribution in [2.75, 3.05) is 32.8 Å². The van der Waals surface area contributed by atoms with E-state index in [9.17, 15) is 0 Å². The first-order chi connectivity index (χ1) is 9.38. The van der Waals surface area contributed by atoms with Crippen molar-refractivity contribution in [3.8, 4) is 0 Å². The Morgan fingerprint density at radius 1 is 1.21 bits per heavy atom. The normalized spacial score (nSPS) is 19.5. The molecule has 1 aromatic carbocycles. The van der Waals surface area contributed by atoms with Gasteiger partial charge >= 0.3 is 0 Å². The quantitative estimate of drug-likeness (QED) is 0.735. The monoisotopic (exact) mass is 262 g/mol. The summed E-state index contributed by atoms with van der Waals surface area (Å²) >= 11 is 0. The van der Waals surface area contributed by atoms with Gasteiger partial charge < -0.3 is 15.4 Å². The van der Waals surface area contributed by atoms with Gasteiger partial charge in [-0.1, -0.05) is 37.6 Å². The van der Waals surface area contributed by atoms with Crippen molar-refractivity contribution in [1.29, 1.82) is 0 Å². The molecule has 2 rings (SSSR count). The van der Waals surface area contributed by atoms with E-state index in [1.807, 2.05) is 0 Å². The van der Waals surface area contributed by atoms with Gasteiger partial charge in [-0.3, -0.25) is 0 Å². The SMILES string of the molecule is CCCc1ccc(CCNCC2COCCN2)cc1. The number of hydrogen-bond acceptors (Lipinski definition) is 3. The molecule has 106 valence electrons. The summed E-state index contributed by atoms with van der Waals surface area (Å²) < 4.78 is 5.43. The van der Waals surface area contributed by atoms with Crippen molar-refractivity contribution in [3.63, 3.8) is 0 Å². The van der Waals surface area contributed by atoms with E-state index in [-0.39, 0.29) is 0 Å². The molecule has 1 unspecified atom stereocenters. The molecule has 0 aliphatic carbocycles. The smallest absolute Gasteiger partial charge is 0.0632 e. The summed E-state index contributed by atoms with van der Waals surface area (Å²) in [6.45, 7) is 6.91. The standard InChI is InChI=1S/C16H26N2O/c1-2-3-14-4-6-15(7-5-14)8-9-17-12-16-13-19-11-10-18-16/h4-7,16-18H,2-3,8-13H2,1H3. The van der Waals surface area contributed by atoms with Crippen LogP contribution in [-0.2, 0) is 17.6 Å². The van der Waals surface area contributed by atoms with E-state index in [4.69, 9.17) is 4.74 Å². The Morgan fingerprint density at radius 2 is 1.95 bits per heavy atom. The minimum Gasteiger partial charge on any atom is -0.378 e. The number of aryl methyl sites for hydroxylation is 1. The van der Waals surface area contributed by atoms with E-state index in [2.05, 4.69) is 41.8 Å². The number of nitrogens with one attached hydrogen (secondary N) is 2. The first-order valence-corrected chi connectivity index (χ1v) is 7.48. The molecule has 0 amide bonds. The minimum absolute atomic E-state index is 0.473. The summed E-state index contributed by atoms with van der Waals surface area (Å²) in [5.74, 6) is 0. The van der Waals surface area contributed by atoms with Gasteiger partial charge in [-0.05, 0) is 30.5 Å². The summed E-state index contributed by atoms with van der Waals surface area (Å²) in [5, 5.41) is 6.95. The second kappa shape index (κ2) is 8.31. The molecule has 1 aromatic rings. The Balaban J connectivity index is 1.62. The second-order valence-electron chi connectivity index (χ2n) is 5.25. The summed E-state index contributed by atoms with van der Waals surface area (Å²) in [6, 6.07) is 9.51. The van der Waals surface area contributed by atoms with Crippen molar-refractivity contribution < 1.29 is 4.74 Å². The number of ether oxygens (including phenoxy) is 1. The fourth-order valence-corrected chi connectivity index (χ4v) is 2.42. The molecular weight excluding hydrogens is 236 g/mol. The molecule has 3 nitrogen and oxygen atoms in total. The van der Waals surface area contributed by atoms with E-state index >= 15 is 0 Å². The number of hydrogen-bond donors (Lipinski definition) is 2. The molecule has 2 N–H and O–H groups in total. The molecule has 1 fully saturated rings. The molecule has 1 aliphatic rings. The third-order valence-corrected chi connectivity index (χ3v) is 3.54. The molecule has 1 atom stereocenters. The molecular formula is C16H26N2O. The van der Waals surface area contributed by atoms with Gasteiger partial charge in [0.25, 0.3) is 0 Å². The van der Waals surface area contributed by atoms with Crippen LogP contribution in [0, 0.1) is 0 Å². The average molecular weight is 262 g/mol. The average Bonchev–Trinajstić information content (AvgIpc) is 2.47. The van der Waals surface area contributed by atoms with Gasteiger partial charge in [0.05, 0.1) is 13.2 Å². The highest BCUT2D eigenvalue weighted by Gasteiger charge is 2.11. The van der Waals surface area contributed by atoms with Crippen LogP contribution < -0.4 is 10.6 Å². The zero-order valence-electron chi connectivity index (χ0n) is 12.0. The van der Waals surface area contributed by atoms with Crippen LogP contribution in [0.15, 0.2) is 24.3 Å². The van der Waals surface area contributed by atoms with Crippen molar-refractivity contribution in [3.05, 3.63) is 35.4 Å². The number of benzene rings is 1. The summed E-state index contributed by atoms with van der Waals surface area (Å²) in [5.41, 5.74) is 2.86. The molecule has 1 aliphatic heterocycles. The molecule has 0 radical (unpaired) electrons. The van der Waals surface area contributed by atoms with Gasteiger partial charge in [0, 0.05) is 19.1 Å². The zero-order chi connectivity index (χ0) is 13.3. The maximum Gasteiger partial charge on any atom is 0.0632 e. The van der Waals surface area contributed by atoms with Crippen LogP contribution in [0.1, 0.15) is 24.5 Å². The maximum absolute atomic E-state index is 5.43. The highest BCUT2D eigenvalue weighted by molar-refractivity contribution is 5.22. The second-order valence-corrected chi connectivity index (χ2v) is 5.25. The van der Waals surface area contributed by atoms with Gasteiger partial charge in [-0.15, -0.1) is 0 Å². The Bertz CT molecular complexity index is 344. The molecule has 3 heteroatoms. The van der Waals surface area contributed by atoms with Crippen LogP contribution in [0.4, 0.5) is 0 Å². The lowest BCUT2D eigenvalue weighted by molar-refractivity contribution is 0.0768. The number of rotatable bonds is 7. The predicted octanol–water partition coefficient (Wildman–Crippen LogP) is 1.76. The largest absolute Gasteiger partial charge is 0.378 e. The van der Waals surface area contributed by atoms with Crippen LogP contribution in [0.2, 0.25) is 0 Å². The van der Waals surface area contributed by atoms with E-state index in [1.165, 1.54) is 24.0 Å². The third kappa shape index (κ3) is 5.31. The van der Waals surface area contributed by atoms with E-state index in [1.54, 1.807) is 0 Å². The summed E-state index contributed by atoms with van der Waals surface area (Å²) in [7, 11) is 0. The van der Waals surface area contributed by atoms with Crippen LogP contribution >= 0.6 is 0 Å². The molecule has 0 spiro atoms. The first kappa shape index (κ1) is 14.5. The van der Waals surface area contributed by atoms with Crippen LogP contribution in [0.25, 0.3) is 0 Å². The molecule has 0 aromatic heterocycles. The predicted molar refractivity (Wildman–Crippen MR) is 79.6 cm³/mol. The Kier molecular flexibility index (Phi) is 6.34. The van der Waals surface area contributed by atoms with Gasteiger partial charge in [0.1, 0.15) is 0 Å².